The maximum Gasteiger partial charge on any atom is 0.249 e. The van der Waals surface area contributed by atoms with Crippen LogP contribution in [0, 0.1) is 5.41 Å². The van der Waals surface area contributed by atoms with Crippen LogP contribution in [0.5, 0.6) is 5.75 Å². The van der Waals surface area contributed by atoms with E-state index < -0.39 is 9.75 Å². The van der Waals surface area contributed by atoms with E-state index in [1.54, 1.807) is 6.92 Å². The Labute approximate surface area is 147 Å². The molecule has 126 valence electrons. The molecule has 0 saturated heterocycles. The number of carbonyl (C=O) groups is 1. The van der Waals surface area contributed by atoms with Gasteiger partial charge < -0.3 is 4.74 Å². The van der Waals surface area contributed by atoms with E-state index in [0.29, 0.717) is 12.8 Å². The summed E-state index contributed by atoms with van der Waals surface area (Å²) in [5.74, 6) is 0.552. The fourth-order valence-electron chi connectivity index (χ4n) is 2.23. The largest absolute Gasteiger partial charge is 0.491 e. The molecular weight excluding hydrogens is 335 g/mol. The van der Waals surface area contributed by atoms with E-state index in [4.69, 9.17) is 27.9 Å². The molecule has 6 heteroatoms. The van der Waals surface area contributed by atoms with E-state index in [0.717, 1.165) is 17.0 Å². The highest BCUT2D eigenvalue weighted by Gasteiger charge is 2.68. The van der Waals surface area contributed by atoms with E-state index in [1.807, 2.05) is 45.0 Å². The SMILES string of the molecule is CCC(=NNC(=O)C1(C)CC1(Cl)Cl)c1ccc(OC(C)C)cc1. The first-order valence-electron chi connectivity index (χ1n) is 7.71. The molecule has 0 spiro atoms. The normalized spacial score (nSPS) is 22.8. The highest BCUT2D eigenvalue weighted by Crippen LogP contribution is 2.63. The average Bonchev–Trinajstić information content (AvgIpc) is 3.00. The number of alkyl halides is 2. The summed E-state index contributed by atoms with van der Waals surface area (Å²) in [4.78, 5) is 12.2. The molecular formula is C17H22Cl2N2O2. The monoisotopic (exact) mass is 356 g/mol. The van der Waals surface area contributed by atoms with Crippen LogP contribution in [-0.2, 0) is 4.79 Å². The maximum absolute atomic E-state index is 12.2. The third-order valence-electron chi connectivity index (χ3n) is 3.95. The van der Waals surface area contributed by atoms with E-state index >= 15 is 0 Å². The van der Waals surface area contributed by atoms with Gasteiger partial charge in [0, 0.05) is 0 Å². The highest BCUT2D eigenvalue weighted by atomic mass is 35.5. The van der Waals surface area contributed by atoms with E-state index in [1.165, 1.54) is 0 Å². The van der Waals surface area contributed by atoms with Gasteiger partial charge in [0.1, 0.15) is 10.1 Å². The van der Waals surface area contributed by atoms with Gasteiger partial charge in [-0.15, -0.1) is 23.2 Å². The summed E-state index contributed by atoms with van der Waals surface area (Å²) in [7, 11) is 0. The van der Waals surface area contributed by atoms with Crippen LogP contribution in [0.2, 0.25) is 0 Å². The standard InChI is InChI=1S/C17H22Cl2N2O2/c1-5-14(12-6-8-13(9-7-12)23-11(2)3)20-21-15(22)16(4)10-17(16,18)19/h6-9,11H,5,10H2,1-4H3,(H,21,22). The zero-order chi connectivity index (χ0) is 17.3. The van der Waals surface area contributed by atoms with Crippen LogP contribution < -0.4 is 10.2 Å². The molecule has 1 amide bonds. The third-order valence-corrected chi connectivity index (χ3v) is 5.05. The Bertz CT molecular complexity index is 612. The number of rotatable bonds is 6. The lowest BCUT2D eigenvalue weighted by Crippen LogP contribution is -2.30. The van der Waals surface area contributed by atoms with E-state index in [2.05, 4.69) is 10.5 Å². The van der Waals surface area contributed by atoms with Gasteiger partial charge in [-0.25, -0.2) is 5.43 Å². The predicted octanol–water partition coefficient (Wildman–Crippen LogP) is 4.29. The summed E-state index contributed by atoms with van der Waals surface area (Å²) in [5, 5.41) is 4.23. The molecule has 0 radical (unpaired) electrons. The van der Waals surface area contributed by atoms with Crippen molar-refractivity contribution in [2.45, 2.75) is 51.0 Å². The summed E-state index contributed by atoms with van der Waals surface area (Å²) in [6, 6.07) is 7.65. The van der Waals surface area contributed by atoms with Crippen molar-refractivity contribution in [2.75, 3.05) is 0 Å². The number of nitrogens with zero attached hydrogens (tertiary/aromatic N) is 1. The van der Waals surface area contributed by atoms with Crippen LogP contribution in [0.1, 0.15) is 46.1 Å². The molecule has 1 aliphatic rings. The summed E-state index contributed by atoms with van der Waals surface area (Å²) in [5.41, 5.74) is 3.54. The summed E-state index contributed by atoms with van der Waals surface area (Å²) < 4.78 is 4.63. The molecule has 0 heterocycles. The number of nitrogens with one attached hydrogen (secondary N) is 1. The first kappa shape index (κ1) is 18.1. The number of hydrogen-bond donors (Lipinski definition) is 1. The molecule has 1 atom stereocenters. The average molecular weight is 357 g/mol. The minimum Gasteiger partial charge on any atom is -0.491 e. The fourth-order valence-corrected chi connectivity index (χ4v) is 2.94. The van der Waals surface area contributed by atoms with Gasteiger partial charge in [-0.2, -0.15) is 5.10 Å². The molecule has 1 fully saturated rings. The second kappa shape index (κ2) is 6.70. The lowest BCUT2D eigenvalue weighted by molar-refractivity contribution is -0.125. The van der Waals surface area contributed by atoms with Crippen LogP contribution in [-0.4, -0.2) is 22.1 Å². The van der Waals surface area contributed by atoms with Crippen LogP contribution in [0.4, 0.5) is 0 Å². The van der Waals surface area contributed by atoms with E-state index in [-0.39, 0.29) is 12.0 Å². The zero-order valence-electron chi connectivity index (χ0n) is 13.8. The van der Waals surface area contributed by atoms with Gasteiger partial charge in [0.15, 0.2) is 0 Å². The second-order valence-electron chi connectivity index (χ2n) is 6.26. The number of hydrogen-bond acceptors (Lipinski definition) is 3. The van der Waals surface area contributed by atoms with Gasteiger partial charge in [0.05, 0.1) is 17.2 Å². The van der Waals surface area contributed by atoms with Crippen molar-refractivity contribution in [2.24, 2.45) is 10.5 Å². The van der Waals surface area contributed by atoms with Crippen molar-refractivity contribution < 1.29 is 9.53 Å². The minimum atomic E-state index is -0.991. The summed E-state index contributed by atoms with van der Waals surface area (Å²) in [6.45, 7) is 7.68. The van der Waals surface area contributed by atoms with Crippen molar-refractivity contribution in [3.63, 3.8) is 0 Å². The number of halogens is 2. The van der Waals surface area contributed by atoms with Gasteiger partial charge in [-0.05, 0) is 63.4 Å². The number of carbonyl (C=O) groups excluding carboxylic acids is 1. The molecule has 1 aromatic carbocycles. The lowest BCUT2D eigenvalue weighted by Gasteiger charge is -2.12. The first-order valence-corrected chi connectivity index (χ1v) is 8.47. The van der Waals surface area contributed by atoms with E-state index in [9.17, 15) is 4.79 Å². The van der Waals surface area contributed by atoms with Crippen LogP contribution in [0.3, 0.4) is 0 Å². The lowest BCUT2D eigenvalue weighted by atomic mass is 10.1. The van der Waals surface area contributed by atoms with Gasteiger partial charge >= 0.3 is 0 Å². The quantitative estimate of drug-likeness (QED) is 0.469. The Hall–Kier alpha value is -1.26. The molecule has 1 N–H and O–H groups in total. The Morgan fingerprint density at radius 3 is 2.35 bits per heavy atom. The predicted molar refractivity (Wildman–Crippen MR) is 94.3 cm³/mol. The summed E-state index contributed by atoms with van der Waals surface area (Å²) >= 11 is 12.0. The van der Waals surface area contributed by atoms with Gasteiger partial charge in [-0.1, -0.05) is 6.92 Å². The van der Waals surface area contributed by atoms with Gasteiger partial charge in [0.2, 0.25) is 5.91 Å². The first-order chi connectivity index (χ1) is 10.7. The molecule has 1 aromatic rings. The maximum atomic E-state index is 12.2. The number of hydrazone groups is 1. The molecule has 1 aliphatic carbocycles. The molecule has 0 aliphatic heterocycles. The van der Waals surface area contributed by atoms with Crippen LogP contribution >= 0.6 is 23.2 Å². The number of benzene rings is 1. The van der Waals surface area contributed by atoms with Crippen LogP contribution in [0.15, 0.2) is 29.4 Å². The molecule has 23 heavy (non-hydrogen) atoms. The molecule has 1 saturated carbocycles. The molecule has 0 aromatic heterocycles. The van der Waals surface area contributed by atoms with Gasteiger partial charge in [0.25, 0.3) is 0 Å². The van der Waals surface area contributed by atoms with Crippen molar-refractivity contribution in [3.8, 4) is 5.75 Å². The highest BCUT2D eigenvalue weighted by molar-refractivity contribution is 6.53. The minimum absolute atomic E-state index is 0.130. The molecule has 1 unspecified atom stereocenters. The second-order valence-corrected chi connectivity index (χ2v) is 7.74. The van der Waals surface area contributed by atoms with Crippen molar-refractivity contribution in [1.82, 2.24) is 5.43 Å². The number of amides is 1. The third kappa shape index (κ3) is 3.99. The molecule has 0 bridgehead atoms. The number of ether oxygens (including phenoxy) is 1. The fraction of sp³-hybridized carbons (Fsp3) is 0.529. The summed E-state index contributed by atoms with van der Waals surface area (Å²) in [6.07, 6.45) is 1.26. The Balaban J connectivity index is 2.06. The van der Waals surface area contributed by atoms with Crippen molar-refractivity contribution >= 4 is 34.8 Å². The Morgan fingerprint density at radius 1 is 1.35 bits per heavy atom. The van der Waals surface area contributed by atoms with Crippen molar-refractivity contribution in [3.05, 3.63) is 29.8 Å². The van der Waals surface area contributed by atoms with Gasteiger partial charge in [-0.3, -0.25) is 4.79 Å². The Morgan fingerprint density at radius 2 is 1.91 bits per heavy atom. The molecule has 4 nitrogen and oxygen atoms in total. The zero-order valence-corrected chi connectivity index (χ0v) is 15.3. The topological polar surface area (TPSA) is 50.7 Å². The Kier molecular flexibility index (Phi) is 5.27. The van der Waals surface area contributed by atoms with Crippen molar-refractivity contribution in [1.29, 1.82) is 0 Å². The molecule has 2 rings (SSSR count). The smallest absolute Gasteiger partial charge is 0.249 e. The van der Waals surface area contributed by atoms with Crippen LogP contribution in [0.25, 0.3) is 0 Å².